The molecule has 0 saturated heterocycles. The highest BCUT2D eigenvalue weighted by molar-refractivity contribution is 5.20. The van der Waals surface area contributed by atoms with Crippen LogP contribution in [0.1, 0.15) is 65.5 Å². The zero-order valence-corrected chi connectivity index (χ0v) is 14.6. The van der Waals surface area contributed by atoms with E-state index in [0.717, 1.165) is 6.42 Å². The van der Waals surface area contributed by atoms with Crippen molar-refractivity contribution < 1.29 is 4.74 Å². The highest BCUT2D eigenvalue weighted by Gasteiger charge is 2.25. The van der Waals surface area contributed by atoms with E-state index in [4.69, 9.17) is 4.74 Å². The predicted molar refractivity (Wildman–Crippen MR) is 91.6 cm³/mol. The average molecular weight is 291 g/mol. The number of rotatable bonds is 9. The molecule has 21 heavy (non-hydrogen) atoms. The molecule has 0 heterocycles. The number of nitrogens with one attached hydrogen (secondary N) is 1. The number of ether oxygens (including phenoxy) is 1. The lowest BCUT2D eigenvalue weighted by atomic mass is 9.87. The van der Waals surface area contributed by atoms with Crippen LogP contribution in [0.5, 0.6) is 0 Å². The Balaban J connectivity index is 2.83. The fraction of sp³-hybridized carbons (Fsp3) is 0.684. The summed E-state index contributed by atoms with van der Waals surface area (Å²) in [4.78, 5) is 0. The molecule has 0 aliphatic rings. The summed E-state index contributed by atoms with van der Waals surface area (Å²) in [5.74, 6) is 0.667. The minimum Gasteiger partial charge on any atom is -0.379 e. The Bertz CT molecular complexity index is 384. The monoisotopic (exact) mass is 291 g/mol. The first-order valence-electron chi connectivity index (χ1n) is 8.29. The maximum atomic E-state index is 5.57. The number of hydrogen-bond donors (Lipinski definition) is 1. The fourth-order valence-corrected chi connectivity index (χ4v) is 3.11. The van der Waals surface area contributed by atoms with Gasteiger partial charge in [-0.2, -0.15) is 0 Å². The van der Waals surface area contributed by atoms with Gasteiger partial charge < -0.3 is 10.1 Å². The van der Waals surface area contributed by atoms with E-state index in [0.29, 0.717) is 18.0 Å². The molecule has 2 heteroatoms. The van der Waals surface area contributed by atoms with Gasteiger partial charge in [-0.15, -0.1) is 0 Å². The van der Waals surface area contributed by atoms with Crippen LogP contribution in [0, 0.1) is 5.92 Å². The van der Waals surface area contributed by atoms with Crippen molar-refractivity contribution in [2.24, 2.45) is 5.92 Å². The summed E-state index contributed by atoms with van der Waals surface area (Å²) < 4.78 is 5.57. The normalized spacial score (nSPS) is 15.2. The zero-order chi connectivity index (χ0) is 15.9. The largest absolute Gasteiger partial charge is 0.379 e. The van der Waals surface area contributed by atoms with Crippen LogP contribution in [0.3, 0.4) is 0 Å². The highest BCUT2D eigenvalue weighted by Crippen LogP contribution is 2.29. The van der Waals surface area contributed by atoms with Crippen molar-refractivity contribution in [2.75, 3.05) is 7.11 Å². The van der Waals surface area contributed by atoms with Gasteiger partial charge in [-0.05, 0) is 38.7 Å². The number of benzene rings is 1. The first kappa shape index (κ1) is 18.2. The smallest absolute Gasteiger partial charge is 0.0637 e. The second kappa shape index (κ2) is 8.55. The van der Waals surface area contributed by atoms with Gasteiger partial charge in [0.05, 0.1) is 5.60 Å². The molecule has 0 amide bonds. The van der Waals surface area contributed by atoms with E-state index in [1.165, 1.54) is 18.4 Å². The third-order valence-corrected chi connectivity index (χ3v) is 4.49. The standard InChI is InChI=1S/C19H33NO/c1-7-16(8-2)18(17-12-10-9-11-13-17)20-15(3)14-19(4,5)21-6/h9-13,15-16,18,20H,7-8,14H2,1-6H3. The topological polar surface area (TPSA) is 21.3 Å². The number of hydrogen-bond acceptors (Lipinski definition) is 2. The minimum atomic E-state index is -0.0818. The second-order valence-corrected chi connectivity index (χ2v) is 6.70. The summed E-state index contributed by atoms with van der Waals surface area (Å²) in [6.07, 6.45) is 3.40. The van der Waals surface area contributed by atoms with Crippen LogP contribution in [-0.2, 0) is 4.74 Å². The van der Waals surface area contributed by atoms with Crippen molar-refractivity contribution in [1.29, 1.82) is 0 Å². The van der Waals surface area contributed by atoms with Crippen LogP contribution in [0.15, 0.2) is 30.3 Å². The van der Waals surface area contributed by atoms with Gasteiger partial charge in [-0.25, -0.2) is 0 Å². The molecule has 2 unspecified atom stereocenters. The second-order valence-electron chi connectivity index (χ2n) is 6.70. The molecule has 1 aromatic rings. The van der Waals surface area contributed by atoms with Gasteiger partial charge in [0.2, 0.25) is 0 Å². The van der Waals surface area contributed by atoms with Crippen molar-refractivity contribution in [2.45, 2.75) is 71.6 Å². The van der Waals surface area contributed by atoms with Crippen molar-refractivity contribution in [3.8, 4) is 0 Å². The molecular weight excluding hydrogens is 258 g/mol. The quantitative estimate of drug-likeness (QED) is 0.694. The predicted octanol–water partition coefficient (Wildman–Crippen LogP) is 4.96. The van der Waals surface area contributed by atoms with Gasteiger partial charge in [-0.3, -0.25) is 0 Å². The van der Waals surface area contributed by atoms with Gasteiger partial charge in [0.1, 0.15) is 0 Å². The van der Waals surface area contributed by atoms with E-state index >= 15 is 0 Å². The lowest BCUT2D eigenvalue weighted by molar-refractivity contribution is 0.00689. The van der Waals surface area contributed by atoms with Gasteiger partial charge >= 0.3 is 0 Å². The Hall–Kier alpha value is -0.860. The third kappa shape index (κ3) is 5.80. The van der Waals surface area contributed by atoms with Crippen molar-refractivity contribution in [3.05, 3.63) is 35.9 Å². The van der Waals surface area contributed by atoms with E-state index in [1.807, 2.05) is 0 Å². The Morgan fingerprint density at radius 1 is 1.10 bits per heavy atom. The lowest BCUT2D eigenvalue weighted by Gasteiger charge is -2.33. The van der Waals surface area contributed by atoms with Crippen LogP contribution in [-0.4, -0.2) is 18.8 Å². The van der Waals surface area contributed by atoms with Crippen LogP contribution in [0.2, 0.25) is 0 Å². The Kier molecular flexibility index (Phi) is 7.41. The molecule has 2 atom stereocenters. The molecule has 0 aliphatic carbocycles. The molecule has 0 saturated carbocycles. The van der Waals surface area contributed by atoms with Gasteiger partial charge in [-0.1, -0.05) is 57.0 Å². The molecule has 1 aromatic carbocycles. The molecule has 120 valence electrons. The van der Waals surface area contributed by atoms with Crippen molar-refractivity contribution >= 4 is 0 Å². The molecular formula is C19H33NO. The first-order valence-corrected chi connectivity index (χ1v) is 8.29. The average Bonchev–Trinajstić information content (AvgIpc) is 2.48. The summed E-state index contributed by atoms with van der Waals surface area (Å²) in [5, 5.41) is 3.85. The lowest BCUT2D eigenvalue weighted by Crippen LogP contribution is -2.40. The van der Waals surface area contributed by atoms with E-state index < -0.39 is 0 Å². The molecule has 1 rings (SSSR count). The molecule has 2 nitrogen and oxygen atoms in total. The molecule has 0 aromatic heterocycles. The summed E-state index contributed by atoms with van der Waals surface area (Å²) in [7, 11) is 1.79. The van der Waals surface area contributed by atoms with E-state index in [9.17, 15) is 0 Å². The van der Waals surface area contributed by atoms with Gasteiger partial charge in [0.25, 0.3) is 0 Å². The fourth-order valence-electron chi connectivity index (χ4n) is 3.11. The van der Waals surface area contributed by atoms with Crippen LogP contribution in [0.4, 0.5) is 0 Å². The first-order chi connectivity index (χ1) is 9.93. The molecule has 0 bridgehead atoms. The van der Waals surface area contributed by atoms with Crippen molar-refractivity contribution in [3.63, 3.8) is 0 Å². The van der Waals surface area contributed by atoms with Crippen LogP contribution >= 0.6 is 0 Å². The van der Waals surface area contributed by atoms with E-state index in [1.54, 1.807) is 7.11 Å². The van der Waals surface area contributed by atoms with Gasteiger partial charge in [0, 0.05) is 19.2 Å². The minimum absolute atomic E-state index is 0.0818. The zero-order valence-electron chi connectivity index (χ0n) is 14.6. The molecule has 0 spiro atoms. The summed E-state index contributed by atoms with van der Waals surface area (Å²) >= 11 is 0. The van der Waals surface area contributed by atoms with E-state index in [-0.39, 0.29) is 5.60 Å². The maximum Gasteiger partial charge on any atom is 0.0637 e. The van der Waals surface area contributed by atoms with Crippen LogP contribution < -0.4 is 5.32 Å². The Labute approximate surface area is 131 Å². The van der Waals surface area contributed by atoms with E-state index in [2.05, 4.69) is 70.3 Å². The van der Waals surface area contributed by atoms with Gasteiger partial charge in [0.15, 0.2) is 0 Å². The molecule has 0 aliphatic heterocycles. The van der Waals surface area contributed by atoms with Crippen molar-refractivity contribution in [1.82, 2.24) is 5.32 Å². The molecule has 1 N–H and O–H groups in total. The highest BCUT2D eigenvalue weighted by atomic mass is 16.5. The Morgan fingerprint density at radius 3 is 2.14 bits per heavy atom. The summed E-state index contributed by atoms with van der Waals surface area (Å²) in [6.45, 7) is 11.1. The maximum absolute atomic E-state index is 5.57. The van der Waals surface area contributed by atoms with Crippen LogP contribution in [0.25, 0.3) is 0 Å². The molecule has 0 fully saturated rings. The summed E-state index contributed by atoms with van der Waals surface area (Å²) in [5.41, 5.74) is 1.31. The summed E-state index contributed by atoms with van der Waals surface area (Å²) in [6, 6.07) is 11.7. The molecule has 0 radical (unpaired) electrons. The SMILES string of the molecule is CCC(CC)C(NC(C)CC(C)(C)OC)c1ccccc1. The Morgan fingerprint density at radius 2 is 1.67 bits per heavy atom. The third-order valence-electron chi connectivity index (χ3n) is 4.49. The number of methoxy groups -OCH3 is 1.